The molecule has 0 radical (unpaired) electrons. The summed E-state index contributed by atoms with van der Waals surface area (Å²) in [4.78, 5) is 2.42. The highest BCUT2D eigenvalue weighted by atomic mass is 79.9. The van der Waals surface area contributed by atoms with Crippen molar-refractivity contribution in [3.63, 3.8) is 0 Å². The van der Waals surface area contributed by atoms with Crippen LogP contribution in [0.15, 0.2) is 46.9 Å². The zero-order chi connectivity index (χ0) is 14.8. The van der Waals surface area contributed by atoms with Crippen molar-refractivity contribution < 1.29 is 5.11 Å². The fraction of sp³-hybridized carbons (Fsp3) is 0.333. The summed E-state index contributed by atoms with van der Waals surface area (Å²) in [6.07, 6.45) is 1.88. The number of hydrogen-bond donors (Lipinski definition) is 1. The molecule has 2 nitrogen and oxygen atoms in total. The van der Waals surface area contributed by atoms with Crippen LogP contribution in [0.3, 0.4) is 0 Å². The van der Waals surface area contributed by atoms with Crippen LogP contribution in [-0.2, 0) is 13.0 Å². The van der Waals surface area contributed by atoms with Gasteiger partial charge in [-0.15, -0.1) is 0 Å². The third-order valence-electron chi connectivity index (χ3n) is 4.15. The molecule has 0 saturated carbocycles. The van der Waals surface area contributed by atoms with E-state index in [1.165, 1.54) is 23.2 Å². The van der Waals surface area contributed by atoms with E-state index in [4.69, 9.17) is 0 Å². The zero-order valence-corrected chi connectivity index (χ0v) is 13.8. The van der Waals surface area contributed by atoms with Gasteiger partial charge in [-0.25, -0.2) is 0 Å². The Morgan fingerprint density at radius 3 is 2.62 bits per heavy atom. The van der Waals surface area contributed by atoms with Gasteiger partial charge in [-0.1, -0.05) is 46.3 Å². The van der Waals surface area contributed by atoms with Crippen LogP contribution in [0.5, 0.6) is 0 Å². The molecule has 0 fully saturated rings. The van der Waals surface area contributed by atoms with Gasteiger partial charge in [0.1, 0.15) is 0 Å². The molecule has 21 heavy (non-hydrogen) atoms. The Bertz CT molecular complexity index is 639. The normalized spacial score (nSPS) is 16.2. The molecule has 1 aliphatic rings. The van der Waals surface area contributed by atoms with E-state index in [0.29, 0.717) is 0 Å². The van der Waals surface area contributed by atoms with Gasteiger partial charge in [-0.3, -0.25) is 0 Å². The molecule has 0 aliphatic carbocycles. The molecule has 0 aromatic heterocycles. The van der Waals surface area contributed by atoms with E-state index in [-0.39, 0.29) is 0 Å². The maximum absolute atomic E-state index is 9.74. The highest BCUT2D eigenvalue weighted by Crippen LogP contribution is 2.30. The van der Waals surface area contributed by atoms with E-state index in [1.54, 1.807) is 6.92 Å². The highest BCUT2D eigenvalue weighted by molar-refractivity contribution is 9.10. The maximum atomic E-state index is 9.74. The molecular weight excluding hydrogens is 326 g/mol. The predicted molar refractivity (Wildman–Crippen MR) is 90.6 cm³/mol. The van der Waals surface area contributed by atoms with E-state index < -0.39 is 6.10 Å². The number of benzene rings is 2. The largest absolute Gasteiger partial charge is 0.389 e. The van der Waals surface area contributed by atoms with Crippen molar-refractivity contribution >= 4 is 21.6 Å². The third kappa shape index (κ3) is 3.14. The van der Waals surface area contributed by atoms with Crippen LogP contribution in [-0.4, -0.2) is 11.7 Å². The van der Waals surface area contributed by atoms with Gasteiger partial charge in [0.05, 0.1) is 6.10 Å². The standard InChI is InChI=1S/C18H20BrNO/c1-13(21)17-9-8-16(11-18(17)19)20-10-4-7-14-5-2-3-6-15(14)12-20/h2-3,5-6,8-9,11,13,21H,4,7,10,12H2,1H3/t13-/m0/s1. The van der Waals surface area contributed by atoms with Gasteiger partial charge >= 0.3 is 0 Å². The number of nitrogens with zero attached hydrogens (tertiary/aromatic N) is 1. The van der Waals surface area contributed by atoms with Gasteiger partial charge in [0, 0.05) is 23.2 Å². The van der Waals surface area contributed by atoms with Crippen molar-refractivity contribution in [1.82, 2.24) is 0 Å². The molecule has 0 bridgehead atoms. The topological polar surface area (TPSA) is 23.5 Å². The number of aliphatic hydroxyl groups excluding tert-OH is 1. The van der Waals surface area contributed by atoms with E-state index >= 15 is 0 Å². The lowest BCUT2D eigenvalue weighted by atomic mass is 10.0. The lowest BCUT2D eigenvalue weighted by Crippen LogP contribution is -2.22. The summed E-state index contributed by atoms with van der Waals surface area (Å²) in [5.74, 6) is 0. The fourth-order valence-electron chi connectivity index (χ4n) is 2.97. The second kappa shape index (κ2) is 6.20. The molecular formula is C18H20BrNO. The fourth-order valence-corrected chi connectivity index (χ4v) is 3.67. The first-order valence-electron chi connectivity index (χ1n) is 7.44. The van der Waals surface area contributed by atoms with E-state index in [1.807, 2.05) is 6.07 Å². The number of halogens is 1. The average Bonchev–Trinajstić information content (AvgIpc) is 2.68. The number of aryl methyl sites for hydroxylation is 1. The quantitative estimate of drug-likeness (QED) is 0.868. The van der Waals surface area contributed by atoms with Crippen molar-refractivity contribution in [2.45, 2.75) is 32.4 Å². The van der Waals surface area contributed by atoms with Crippen molar-refractivity contribution in [2.75, 3.05) is 11.4 Å². The second-order valence-corrected chi connectivity index (χ2v) is 6.53. The maximum Gasteiger partial charge on any atom is 0.0772 e. The van der Waals surface area contributed by atoms with E-state index in [9.17, 15) is 5.11 Å². The van der Waals surface area contributed by atoms with Gasteiger partial charge in [0.2, 0.25) is 0 Å². The van der Waals surface area contributed by atoms with Gasteiger partial charge in [0.25, 0.3) is 0 Å². The van der Waals surface area contributed by atoms with Crippen molar-refractivity contribution in [1.29, 1.82) is 0 Å². The Morgan fingerprint density at radius 2 is 1.90 bits per heavy atom. The van der Waals surface area contributed by atoms with E-state index in [2.05, 4.69) is 57.2 Å². The Hall–Kier alpha value is -1.32. The summed E-state index contributed by atoms with van der Waals surface area (Å²) in [5, 5.41) is 9.74. The molecule has 1 atom stereocenters. The number of anilines is 1. The molecule has 1 N–H and O–H groups in total. The minimum Gasteiger partial charge on any atom is -0.389 e. The summed E-state index contributed by atoms with van der Waals surface area (Å²) in [6, 6.07) is 15.0. The molecule has 1 heterocycles. The van der Waals surface area contributed by atoms with Crippen LogP contribution < -0.4 is 4.90 Å². The van der Waals surface area contributed by atoms with Gasteiger partial charge < -0.3 is 10.0 Å². The molecule has 0 unspecified atom stereocenters. The number of hydrogen-bond acceptors (Lipinski definition) is 2. The van der Waals surface area contributed by atoms with Gasteiger partial charge in [0.15, 0.2) is 0 Å². The third-order valence-corrected chi connectivity index (χ3v) is 4.84. The van der Waals surface area contributed by atoms with Crippen LogP contribution in [0.4, 0.5) is 5.69 Å². The summed E-state index contributed by atoms with van der Waals surface area (Å²) >= 11 is 3.58. The Kier molecular flexibility index (Phi) is 4.32. The number of aliphatic hydroxyl groups is 1. The minimum absolute atomic E-state index is 0.446. The van der Waals surface area contributed by atoms with Crippen molar-refractivity contribution in [3.05, 3.63) is 63.6 Å². The molecule has 3 rings (SSSR count). The van der Waals surface area contributed by atoms with Crippen LogP contribution in [0.25, 0.3) is 0 Å². The average molecular weight is 346 g/mol. The summed E-state index contributed by atoms with van der Waals surface area (Å²) in [5.41, 5.74) is 5.04. The monoisotopic (exact) mass is 345 g/mol. The van der Waals surface area contributed by atoms with Crippen LogP contribution in [0, 0.1) is 0 Å². The zero-order valence-electron chi connectivity index (χ0n) is 12.2. The van der Waals surface area contributed by atoms with Crippen LogP contribution in [0.1, 0.15) is 36.1 Å². The predicted octanol–water partition coefficient (Wildman–Crippen LogP) is 4.46. The number of rotatable bonds is 2. The summed E-state index contributed by atoms with van der Waals surface area (Å²) in [7, 11) is 0. The Morgan fingerprint density at radius 1 is 1.14 bits per heavy atom. The SMILES string of the molecule is C[C@H](O)c1ccc(N2CCCc3ccccc3C2)cc1Br. The van der Waals surface area contributed by atoms with E-state index in [0.717, 1.165) is 29.5 Å². The highest BCUT2D eigenvalue weighted by Gasteiger charge is 2.16. The van der Waals surface area contributed by atoms with Crippen LogP contribution in [0.2, 0.25) is 0 Å². The molecule has 0 saturated heterocycles. The molecule has 2 aromatic carbocycles. The summed E-state index contributed by atoms with van der Waals surface area (Å²) in [6.45, 7) is 3.81. The van der Waals surface area contributed by atoms with Gasteiger partial charge in [-0.2, -0.15) is 0 Å². The smallest absolute Gasteiger partial charge is 0.0772 e. The lowest BCUT2D eigenvalue weighted by molar-refractivity contribution is 0.198. The van der Waals surface area contributed by atoms with Gasteiger partial charge in [-0.05, 0) is 48.6 Å². The Labute approximate surface area is 134 Å². The van der Waals surface area contributed by atoms with Crippen molar-refractivity contribution in [3.8, 4) is 0 Å². The summed E-state index contributed by atoms with van der Waals surface area (Å²) < 4.78 is 0.979. The molecule has 1 aliphatic heterocycles. The molecule has 0 spiro atoms. The lowest BCUT2D eigenvalue weighted by Gasteiger charge is -2.24. The van der Waals surface area contributed by atoms with Crippen molar-refractivity contribution in [2.24, 2.45) is 0 Å². The number of fused-ring (bicyclic) bond motifs is 1. The minimum atomic E-state index is -0.446. The molecule has 110 valence electrons. The first kappa shape index (κ1) is 14.6. The first-order chi connectivity index (χ1) is 10.1. The Balaban J connectivity index is 1.89. The molecule has 2 aromatic rings. The molecule has 3 heteroatoms. The molecule has 0 amide bonds. The second-order valence-electron chi connectivity index (χ2n) is 5.68. The van der Waals surface area contributed by atoms with Crippen LogP contribution >= 0.6 is 15.9 Å². The first-order valence-corrected chi connectivity index (χ1v) is 8.23.